The Morgan fingerprint density at radius 2 is 2.12 bits per heavy atom. The molecule has 1 aromatic carbocycles. The first-order valence-electron chi connectivity index (χ1n) is 7.74. The fourth-order valence-corrected chi connectivity index (χ4v) is 2.92. The Hall–Kier alpha value is -2.91. The standard InChI is InChI=1S/C19H15BrN4O/c20-15-4-3-6-17(12-15)24-11-8-14(13-21)18(24)19(25)23-10-7-16-5-1-2-9-22-16/h1-6,8-9,11-12H,7,10H2,(H,23,25). The first-order valence-corrected chi connectivity index (χ1v) is 8.54. The molecule has 0 aliphatic heterocycles. The van der Waals surface area contributed by atoms with Crippen molar-refractivity contribution in [2.24, 2.45) is 0 Å². The van der Waals surface area contributed by atoms with Gasteiger partial charge in [-0.2, -0.15) is 5.26 Å². The van der Waals surface area contributed by atoms with Crippen molar-refractivity contribution in [2.75, 3.05) is 6.54 Å². The zero-order chi connectivity index (χ0) is 17.6. The van der Waals surface area contributed by atoms with Crippen LogP contribution in [0.2, 0.25) is 0 Å². The molecular formula is C19H15BrN4O. The Bertz CT molecular complexity index is 928. The zero-order valence-corrected chi connectivity index (χ0v) is 14.9. The van der Waals surface area contributed by atoms with Crippen LogP contribution in [-0.2, 0) is 6.42 Å². The van der Waals surface area contributed by atoms with E-state index in [-0.39, 0.29) is 5.91 Å². The molecule has 2 heterocycles. The summed E-state index contributed by atoms with van der Waals surface area (Å²) in [5.74, 6) is -0.280. The number of carbonyl (C=O) groups excluding carboxylic acids is 1. The number of amides is 1. The molecule has 0 atom stereocenters. The molecule has 1 amide bonds. The van der Waals surface area contributed by atoms with Crippen LogP contribution in [0.5, 0.6) is 0 Å². The molecule has 124 valence electrons. The summed E-state index contributed by atoms with van der Waals surface area (Å²) in [5.41, 5.74) is 2.40. The lowest BCUT2D eigenvalue weighted by Crippen LogP contribution is -2.28. The number of nitrogens with one attached hydrogen (secondary N) is 1. The van der Waals surface area contributed by atoms with Gasteiger partial charge in [-0.05, 0) is 36.4 Å². The van der Waals surface area contributed by atoms with E-state index < -0.39 is 0 Å². The maximum atomic E-state index is 12.6. The van der Waals surface area contributed by atoms with E-state index in [9.17, 15) is 10.1 Å². The van der Waals surface area contributed by atoms with E-state index in [1.807, 2.05) is 42.5 Å². The van der Waals surface area contributed by atoms with Crippen LogP contribution in [0, 0.1) is 11.3 Å². The average molecular weight is 395 g/mol. The third-order valence-corrected chi connectivity index (χ3v) is 4.19. The van der Waals surface area contributed by atoms with Crippen LogP contribution in [-0.4, -0.2) is 22.0 Å². The van der Waals surface area contributed by atoms with E-state index in [0.717, 1.165) is 15.9 Å². The monoisotopic (exact) mass is 394 g/mol. The number of pyridine rings is 1. The number of hydrogen-bond donors (Lipinski definition) is 1. The van der Waals surface area contributed by atoms with Crippen molar-refractivity contribution in [3.8, 4) is 11.8 Å². The van der Waals surface area contributed by atoms with Crippen molar-refractivity contribution < 1.29 is 4.79 Å². The Kier molecular flexibility index (Phi) is 5.26. The van der Waals surface area contributed by atoms with Gasteiger partial charge in [0.2, 0.25) is 0 Å². The van der Waals surface area contributed by atoms with E-state index in [4.69, 9.17) is 0 Å². The second-order valence-electron chi connectivity index (χ2n) is 5.37. The number of halogens is 1. The first-order chi connectivity index (χ1) is 12.2. The summed E-state index contributed by atoms with van der Waals surface area (Å²) >= 11 is 3.43. The molecule has 2 aromatic heterocycles. The van der Waals surface area contributed by atoms with Crippen molar-refractivity contribution in [2.45, 2.75) is 6.42 Å². The van der Waals surface area contributed by atoms with E-state index in [1.165, 1.54) is 0 Å². The summed E-state index contributed by atoms with van der Waals surface area (Å²) in [6.45, 7) is 0.449. The second-order valence-corrected chi connectivity index (χ2v) is 6.28. The molecule has 6 heteroatoms. The highest BCUT2D eigenvalue weighted by atomic mass is 79.9. The van der Waals surface area contributed by atoms with Gasteiger partial charge in [0, 0.05) is 41.2 Å². The zero-order valence-electron chi connectivity index (χ0n) is 13.3. The third-order valence-electron chi connectivity index (χ3n) is 3.70. The Morgan fingerprint density at radius 3 is 2.84 bits per heavy atom. The van der Waals surface area contributed by atoms with Crippen molar-refractivity contribution in [3.63, 3.8) is 0 Å². The Morgan fingerprint density at radius 1 is 1.24 bits per heavy atom. The van der Waals surface area contributed by atoms with E-state index in [1.54, 1.807) is 23.0 Å². The molecule has 0 unspecified atom stereocenters. The summed E-state index contributed by atoms with van der Waals surface area (Å²) in [4.78, 5) is 16.9. The molecular weight excluding hydrogens is 380 g/mol. The lowest BCUT2D eigenvalue weighted by molar-refractivity contribution is 0.0947. The van der Waals surface area contributed by atoms with Gasteiger partial charge in [-0.25, -0.2) is 0 Å². The van der Waals surface area contributed by atoms with Crippen LogP contribution < -0.4 is 5.32 Å². The van der Waals surface area contributed by atoms with Crippen molar-refractivity contribution in [3.05, 3.63) is 82.3 Å². The maximum Gasteiger partial charge on any atom is 0.269 e. The smallest absolute Gasteiger partial charge is 0.269 e. The fraction of sp³-hybridized carbons (Fsp3) is 0.105. The fourth-order valence-electron chi connectivity index (χ4n) is 2.53. The summed E-state index contributed by atoms with van der Waals surface area (Å²) in [6, 6.07) is 17.0. The van der Waals surface area contributed by atoms with Crippen LogP contribution in [0.3, 0.4) is 0 Å². The molecule has 0 spiro atoms. The number of benzene rings is 1. The van der Waals surface area contributed by atoms with E-state index >= 15 is 0 Å². The van der Waals surface area contributed by atoms with Gasteiger partial charge in [0.05, 0.1) is 5.56 Å². The maximum absolute atomic E-state index is 12.6. The quantitative estimate of drug-likeness (QED) is 0.719. The molecule has 0 bridgehead atoms. The minimum absolute atomic E-state index is 0.280. The number of rotatable bonds is 5. The molecule has 3 aromatic rings. The van der Waals surface area contributed by atoms with E-state index in [0.29, 0.717) is 24.2 Å². The molecule has 0 fully saturated rings. The lowest BCUT2D eigenvalue weighted by atomic mass is 10.2. The molecule has 1 N–H and O–H groups in total. The van der Waals surface area contributed by atoms with Crippen molar-refractivity contribution in [1.29, 1.82) is 5.26 Å². The molecule has 0 saturated carbocycles. The summed E-state index contributed by atoms with van der Waals surface area (Å²) in [7, 11) is 0. The Balaban J connectivity index is 1.80. The molecule has 25 heavy (non-hydrogen) atoms. The van der Waals surface area contributed by atoms with Crippen LogP contribution in [0.1, 0.15) is 21.7 Å². The van der Waals surface area contributed by atoms with Crippen LogP contribution >= 0.6 is 15.9 Å². The second kappa shape index (κ2) is 7.77. The molecule has 0 aliphatic rings. The minimum Gasteiger partial charge on any atom is -0.350 e. The van der Waals surface area contributed by atoms with Gasteiger partial charge in [-0.15, -0.1) is 0 Å². The topological polar surface area (TPSA) is 70.7 Å². The largest absolute Gasteiger partial charge is 0.350 e. The number of carbonyl (C=O) groups is 1. The van der Waals surface area contributed by atoms with E-state index in [2.05, 4.69) is 32.3 Å². The first kappa shape index (κ1) is 16.9. The van der Waals surface area contributed by atoms with Crippen LogP contribution in [0.25, 0.3) is 5.69 Å². The highest BCUT2D eigenvalue weighted by Crippen LogP contribution is 2.20. The van der Waals surface area contributed by atoms with Gasteiger partial charge in [-0.1, -0.05) is 28.1 Å². The highest BCUT2D eigenvalue weighted by molar-refractivity contribution is 9.10. The predicted molar refractivity (Wildman–Crippen MR) is 98.5 cm³/mol. The summed E-state index contributed by atoms with van der Waals surface area (Å²) in [6.07, 6.45) is 4.09. The Labute approximate surface area is 154 Å². The number of nitrogens with zero attached hydrogens (tertiary/aromatic N) is 3. The molecule has 3 rings (SSSR count). The molecule has 0 saturated heterocycles. The molecule has 0 radical (unpaired) electrons. The van der Waals surface area contributed by atoms with Gasteiger partial charge in [0.1, 0.15) is 11.8 Å². The number of nitriles is 1. The van der Waals surface area contributed by atoms with Crippen LogP contribution in [0.15, 0.2) is 65.4 Å². The van der Waals surface area contributed by atoms with Gasteiger partial charge in [0.15, 0.2) is 0 Å². The highest BCUT2D eigenvalue weighted by Gasteiger charge is 2.18. The van der Waals surface area contributed by atoms with Gasteiger partial charge < -0.3 is 9.88 Å². The SMILES string of the molecule is N#Cc1ccn(-c2cccc(Br)c2)c1C(=O)NCCc1ccccn1. The van der Waals surface area contributed by atoms with Gasteiger partial charge in [-0.3, -0.25) is 9.78 Å². The van der Waals surface area contributed by atoms with Crippen molar-refractivity contribution in [1.82, 2.24) is 14.9 Å². The van der Waals surface area contributed by atoms with Gasteiger partial charge in [0.25, 0.3) is 5.91 Å². The summed E-state index contributed by atoms with van der Waals surface area (Å²) < 4.78 is 2.62. The molecule has 5 nitrogen and oxygen atoms in total. The lowest BCUT2D eigenvalue weighted by Gasteiger charge is -2.11. The number of aromatic nitrogens is 2. The average Bonchev–Trinajstić information content (AvgIpc) is 3.07. The van der Waals surface area contributed by atoms with Crippen LogP contribution in [0.4, 0.5) is 0 Å². The predicted octanol–water partition coefficient (Wildman–Crippen LogP) is 3.48. The van der Waals surface area contributed by atoms with Gasteiger partial charge >= 0.3 is 0 Å². The number of hydrogen-bond acceptors (Lipinski definition) is 3. The third kappa shape index (κ3) is 3.95. The minimum atomic E-state index is -0.280. The normalized spacial score (nSPS) is 10.2. The molecule has 0 aliphatic carbocycles. The van der Waals surface area contributed by atoms with Crippen molar-refractivity contribution >= 4 is 21.8 Å². The summed E-state index contributed by atoms with van der Waals surface area (Å²) in [5, 5.41) is 12.2.